The summed E-state index contributed by atoms with van der Waals surface area (Å²) >= 11 is 0. The summed E-state index contributed by atoms with van der Waals surface area (Å²) in [5, 5.41) is 4.29. The second kappa shape index (κ2) is 11.3. The number of hydrogen-bond donors (Lipinski definition) is 0. The van der Waals surface area contributed by atoms with Gasteiger partial charge >= 0.3 is 0 Å². The van der Waals surface area contributed by atoms with E-state index in [0.29, 0.717) is 11.8 Å². The summed E-state index contributed by atoms with van der Waals surface area (Å²) in [5.41, 5.74) is 5.37. The number of pyridine rings is 1. The summed E-state index contributed by atoms with van der Waals surface area (Å²) in [4.78, 5) is 18.9. The van der Waals surface area contributed by atoms with Gasteiger partial charge in [-0.05, 0) is 36.6 Å². The van der Waals surface area contributed by atoms with Gasteiger partial charge < -0.3 is 24.0 Å². The predicted octanol–water partition coefficient (Wildman–Crippen LogP) is 5.12. The Labute approximate surface area is 239 Å². The van der Waals surface area contributed by atoms with Crippen LogP contribution in [0.4, 0.5) is 17.2 Å². The normalized spacial score (nSPS) is 14.8. The van der Waals surface area contributed by atoms with E-state index in [1.807, 2.05) is 55.7 Å². The lowest BCUT2D eigenvalue weighted by Crippen LogP contribution is -2.28. The second-order valence-electron chi connectivity index (χ2n) is 10.2. The second-order valence-corrected chi connectivity index (χ2v) is 10.2. The molecule has 0 radical (unpaired) electrons. The standard InChI is InChI=1S/C31H33N7O3/c1-36-20-22(16-33-36)29-17-32-27-9-8-23(14-28(27)34-29)38(24-12-25(39-2)15-26(13-24)40-3)19-21-10-11-37(18-21)30-6-5-7-31(35-30)41-4/h5-9,12-17,20-21H,10-11,18-19H2,1-4H3. The quantitative estimate of drug-likeness (QED) is 0.248. The highest BCUT2D eigenvalue weighted by Crippen LogP contribution is 2.36. The summed E-state index contributed by atoms with van der Waals surface area (Å²) in [7, 11) is 6.88. The topological polar surface area (TPSA) is 90.7 Å². The van der Waals surface area contributed by atoms with Gasteiger partial charge in [0.2, 0.25) is 5.88 Å². The SMILES string of the molecule is COc1cc(OC)cc(N(CC2CCN(c3cccc(OC)n3)C2)c2ccc3ncc(-c4cnn(C)c4)nc3c2)c1. The van der Waals surface area contributed by atoms with E-state index in [1.54, 1.807) is 38.4 Å². The van der Waals surface area contributed by atoms with Gasteiger partial charge in [0.05, 0.1) is 50.5 Å². The van der Waals surface area contributed by atoms with E-state index < -0.39 is 0 Å². The van der Waals surface area contributed by atoms with E-state index in [4.69, 9.17) is 19.2 Å². The molecule has 6 rings (SSSR count). The molecule has 1 atom stereocenters. The highest BCUT2D eigenvalue weighted by Gasteiger charge is 2.27. The molecule has 1 saturated heterocycles. The van der Waals surface area contributed by atoms with Gasteiger partial charge in [-0.3, -0.25) is 9.67 Å². The first kappa shape index (κ1) is 26.4. The van der Waals surface area contributed by atoms with Crippen LogP contribution >= 0.6 is 0 Å². The minimum Gasteiger partial charge on any atom is -0.497 e. The van der Waals surface area contributed by atoms with Crippen LogP contribution in [-0.4, -0.2) is 65.7 Å². The van der Waals surface area contributed by atoms with Crippen molar-refractivity contribution >= 4 is 28.2 Å². The molecule has 0 bridgehead atoms. The van der Waals surface area contributed by atoms with Crippen molar-refractivity contribution < 1.29 is 14.2 Å². The van der Waals surface area contributed by atoms with Crippen molar-refractivity contribution in [3.63, 3.8) is 0 Å². The van der Waals surface area contributed by atoms with E-state index in [2.05, 4.69) is 37.0 Å². The number of aryl methyl sites for hydroxylation is 1. The number of methoxy groups -OCH3 is 3. The summed E-state index contributed by atoms with van der Waals surface area (Å²) in [6.07, 6.45) is 6.58. The Hall–Kier alpha value is -4.86. The first-order valence-corrected chi connectivity index (χ1v) is 13.6. The van der Waals surface area contributed by atoms with Gasteiger partial charge in [0, 0.05) is 74.1 Å². The molecule has 210 valence electrons. The zero-order valence-electron chi connectivity index (χ0n) is 23.7. The monoisotopic (exact) mass is 551 g/mol. The average Bonchev–Trinajstić information content (AvgIpc) is 3.68. The maximum atomic E-state index is 5.62. The van der Waals surface area contributed by atoms with Crippen molar-refractivity contribution in [1.29, 1.82) is 0 Å². The van der Waals surface area contributed by atoms with Gasteiger partial charge in [-0.1, -0.05) is 6.07 Å². The summed E-state index contributed by atoms with van der Waals surface area (Å²) < 4.78 is 18.4. The molecule has 0 amide bonds. The van der Waals surface area contributed by atoms with Crippen molar-refractivity contribution in [2.75, 3.05) is 50.8 Å². The zero-order chi connectivity index (χ0) is 28.3. The van der Waals surface area contributed by atoms with Crippen LogP contribution in [0.25, 0.3) is 22.3 Å². The Morgan fingerprint density at radius 2 is 1.71 bits per heavy atom. The van der Waals surface area contributed by atoms with Crippen molar-refractivity contribution in [3.8, 4) is 28.6 Å². The van der Waals surface area contributed by atoms with Crippen LogP contribution in [0, 0.1) is 5.92 Å². The van der Waals surface area contributed by atoms with E-state index in [0.717, 1.165) is 77.0 Å². The van der Waals surface area contributed by atoms with Crippen LogP contribution in [0.1, 0.15) is 6.42 Å². The van der Waals surface area contributed by atoms with Crippen molar-refractivity contribution in [2.24, 2.45) is 13.0 Å². The van der Waals surface area contributed by atoms with E-state index in [1.165, 1.54) is 0 Å². The molecule has 0 saturated carbocycles. The van der Waals surface area contributed by atoms with E-state index in [-0.39, 0.29) is 0 Å². The lowest BCUT2D eigenvalue weighted by Gasteiger charge is -2.29. The van der Waals surface area contributed by atoms with Crippen molar-refractivity contribution in [2.45, 2.75) is 6.42 Å². The van der Waals surface area contributed by atoms with Crippen LogP contribution in [0.3, 0.4) is 0 Å². The number of rotatable bonds is 9. The molecule has 10 nitrogen and oxygen atoms in total. The molecule has 1 fully saturated rings. The van der Waals surface area contributed by atoms with E-state index >= 15 is 0 Å². The fourth-order valence-electron chi connectivity index (χ4n) is 5.31. The molecule has 41 heavy (non-hydrogen) atoms. The molecular weight excluding hydrogens is 518 g/mol. The van der Waals surface area contributed by atoms with Crippen LogP contribution < -0.4 is 24.0 Å². The largest absolute Gasteiger partial charge is 0.497 e. The van der Waals surface area contributed by atoms with Gasteiger partial charge in [0.15, 0.2) is 0 Å². The molecule has 1 unspecified atom stereocenters. The smallest absolute Gasteiger partial charge is 0.214 e. The number of hydrogen-bond acceptors (Lipinski definition) is 9. The molecule has 0 spiro atoms. The number of anilines is 3. The third-order valence-electron chi connectivity index (χ3n) is 7.45. The third kappa shape index (κ3) is 5.58. The highest BCUT2D eigenvalue weighted by molar-refractivity contribution is 5.82. The van der Waals surface area contributed by atoms with Crippen molar-refractivity contribution in [1.82, 2.24) is 24.7 Å². The maximum absolute atomic E-state index is 5.62. The number of benzene rings is 2. The molecule has 5 aromatic rings. The zero-order valence-corrected chi connectivity index (χ0v) is 23.7. The fraction of sp³-hybridized carbons (Fsp3) is 0.290. The molecule has 3 aromatic heterocycles. The Morgan fingerprint density at radius 3 is 2.44 bits per heavy atom. The van der Waals surface area contributed by atoms with Crippen LogP contribution in [-0.2, 0) is 7.05 Å². The molecule has 0 N–H and O–H groups in total. The minimum atomic E-state index is 0.392. The third-order valence-corrected chi connectivity index (χ3v) is 7.45. The molecule has 10 heteroatoms. The minimum absolute atomic E-state index is 0.392. The van der Waals surface area contributed by atoms with Crippen LogP contribution in [0.15, 0.2) is 73.2 Å². The number of nitrogens with zero attached hydrogens (tertiary/aromatic N) is 7. The van der Waals surface area contributed by atoms with Gasteiger partial charge in [-0.25, -0.2) is 4.98 Å². The molecule has 1 aliphatic heterocycles. The first-order valence-electron chi connectivity index (χ1n) is 13.6. The highest BCUT2D eigenvalue weighted by atomic mass is 16.5. The first-order chi connectivity index (χ1) is 20.0. The van der Waals surface area contributed by atoms with Gasteiger partial charge in [0.25, 0.3) is 0 Å². The Morgan fingerprint density at radius 1 is 0.878 bits per heavy atom. The number of aromatic nitrogens is 5. The average molecular weight is 552 g/mol. The number of ether oxygens (including phenoxy) is 3. The van der Waals surface area contributed by atoms with Crippen LogP contribution in [0.2, 0.25) is 0 Å². The predicted molar refractivity (Wildman–Crippen MR) is 159 cm³/mol. The Balaban J connectivity index is 1.35. The maximum Gasteiger partial charge on any atom is 0.214 e. The summed E-state index contributed by atoms with van der Waals surface area (Å²) in [6, 6.07) is 18.1. The Kier molecular flexibility index (Phi) is 7.28. The molecule has 1 aliphatic rings. The molecular formula is C31H33N7O3. The lowest BCUT2D eigenvalue weighted by atomic mass is 10.1. The fourth-order valence-corrected chi connectivity index (χ4v) is 5.31. The molecule has 4 heterocycles. The number of fused-ring (bicyclic) bond motifs is 1. The van der Waals surface area contributed by atoms with Gasteiger partial charge in [-0.15, -0.1) is 0 Å². The van der Waals surface area contributed by atoms with Gasteiger partial charge in [-0.2, -0.15) is 10.1 Å². The lowest BCUT2D eigenvalue weighted by molar-refractivity contribution is 0.394. The molecule has 2 aromatic carbocycles. The summed E-state index contributed by atoms with van der Waals surface area (Å²) in [6.45, 7) is 2.60. The molecule has 0 aliphatic carbocycles. The Bertz CT molecular complexity index is 1650. The van der Waals surface area contributed by atoms with Gasteiger partial charge in [0.1, 0.15) is 17.3 Å². The van der Waals surface area contributed by atoms with E-state index in [9.17, 15) is 0 Å². The van der Waals surface area contributed by atoms with Crippen LogP contribution in [0.5, 0.6) is 17.4 Å². The van der Waals surface area contributed by atoms with Crippen molar-refractivity contribution in [3.05, 3.63) is 73.2 Å². The summed E-state index contributed by atoms with van der Waals surface area (Å²) in [5.74, 6) is 3.42.